The third-order valence-electron chi connectivity index (χ3n) is 4.78. The zero-order valence-electron chi connectivity index (χ0n) is 17.8. The normalized spacial score (nSPS) is 12.3. The lowest BCUT2D eigenvalue weighted by Gasteiger charge is -2.29. The van der Waals surface area contributed by atoms with E-state index in [2.05, 4.69) is 32.0 Å². The Morgan fingerprint density at radius 1 is 1.26 bits per heavy atom. The molecule has 0 radical (unpaired) electrons. The SMILES string of the molecule is CC(C)(C)[C@H](NC(=O)c1nn(CCCCC#N)c2ccccc12)C(=O)Nc1nncs1. The molecule has 0 unspecified atom stereocenters. The second kappa shape index (κ2) is 9.66. The average Bonchev–Trinajstić information content (AvgIpc) is 3.36. The fraction of sp³-hybridized carbons (Fsp3) is 0.429. The summed E-state index contributed by atoms with van der Waals surface area (Å²) in [6.07, 6.45) is 2.04. The Bertz CT molecular complexity index is 1090. The van der Waals surface area contributed by atoms with E-state index in [0.29, 0.717) is 18.1 Å². The molecule has 9 nitrogen and oxygen atoms in total. The lowest BCUT2D eigenvalue weighted by atomic mass is 9.86. The van der Waals surface area contributed by atoms with Crippen LogP contribution in [0.2, 0.25) is 0 Å². The quantitative estimate of drug-likeness (QED) is 0.518. The smallest absolute Gasteiger partial charge is 0.273 e. The van der Waals surface area contributed by atoms with E-state index in [-0.39, 0.29) is 11.6 Å². The van der Waals surface area contributed by atoms with Gasteiger partial charge < -0.3 is 5.32 Å². The highest BCUT2D eigenvalue weighted by Crippen LogP contribution is 2.24. The lowest BCUT2D eigenvalue weighted by molar-refractivity contribution is -0.120. The van der Waals surface area contributed by atoms with Crippen molar-refractivity contribution in [2.24, 2.45) is 5.41 Å². The number of aromatic nitrogens is 4. The van der Waals surface area contributed by atoms with Gasteiger partial charge in [0.15, 0.2) is 5.69 Å². The maximum absolute atomic E-state index is 13.2. The number of amides is 2. The number of nitrogens with one attached hydrogen (secondary N) is 2. The van der Waals surface area contributed by atoms with Crippen LogP contribution >= 0.6 is 11.3 Å². The number of para-hydroxylation sites is 1. The number of nitrogens with zero attached hydrogens (tertiary/aromatic N) is 5. The van der Waals surface area contributed by atoms with Crippen LogP contribution in [-0.4, -0.2) is 37.8 Å². The maximum Gasteiger partial charge on any atom is 0.273 e. The molecule has 0 aliphatic rings. The van der Waals surface area contributed by atoms with Gasteiger partial charge in [-0.05, 0) is 24.3 Å². The van der Waals surface area contributed by atoms with Crippen LogP contribution in [0.1, 0.15) is 50.5 Å². The molecule has 3 rings (SSSR count). The molecule has 2 heterocycles. The van der Waals surface area contributed by atoms with Gasteiger partial charge in [-0.2, -0.15) is 10.4 Å². The topological polar surface area (TPSA) is 126 Å². The summed E-state index contributed by atoms with van der Waals surface area (Å²) in [6, 6.07) is 8.83. The summed E-state index contributed by atoms with van der Waals surface area (Å²) in [5, 5.41) is 27.5. The first kappa shape index (κ1) is 22.4. The van der Waals surface area contributed by atoms with Gasteiger partial charge >= 0.3 is 0 Å². The summed E-state index contributed by atoms with van der Waals surface area (Å²) in [6.45, 7) is 6.24. The molecule has 0 spiro atoms. The molecule has 162 valence electrons. The second-order valence-electron chi connectivity index (χ2n) is 8.21. The zero-order valence-corrected chi connectivity index (χ0v) is 18.6. The van der Waals surface area contributed by atoms with E-state index >= 15 is 0 Å². The minimum absolute atomic E-state index is 0.272. The summed E-state index contributed by atoms with van der Waals surface area (Å²) >= 11 is 1.21. The van der Waals surface area contributed by atoms with Crippen molar-refractivity contribution < 1.29 is 9.59 Å². The van der Waals surface area contributed by atoms with Gasteiger partial charge in [0.1, 0.15) is 11.6 Å². The van der Waals surface area contributed by atoms with Gasteiger partial charge in [0.2, 0.25) is 11.0 Å². The van der Waals surface area contributed by atoms with Gasteiger partial charge in [-0.3, -0.25) is 19.6 Å². The fourth-order valence-corrected chi connectivity index (χ4v) is 3.66. The number of aryl methyl sites for hydroxylation is 1. The number of anilines is 1. The van der Waals surface area contributed by atoms with E-state index in [1.165, 1.54) is 16.8 Å². The lowest BCUT2D eigenvalue weighted by Crippen LogP contribution is -2.51. The molecule has 1 aromatic carbocycles. The Morgan fingerprint density at radius 2 is 2.03 bits per heavy atom. The summed E-state index contributed by atoms with van der Waals surface area (Å²) < 4.78 is 1.79. The number of fused-ring (bicyclic) bond motifs is 1. The van der Waals surface area contributed by atoms with Crippen LogP contribution in [0.25, 0.3) is 10.9 Å². The molecule has 2 amide bonds. The number of nitriles is 1. The molecule has 1 atom stereocenters. The van der Waals surface area contributed by atoms with Crippen molar-refractivity contribution in [3.8, 4) is 6.07 Å². The number of unbranched alkanes of at least 4 members (excludes halogenated alkanes) is 2. The van der Waals surface area contributed by atoms with Crippen molar-refractivity contribution in [2.45, 2.75) is 52.6 Å². The summed E-state index contributed by atoms with van der Waals surface area (Å²) in [5.74, 6) is -0.780. The Hall–Kier alpha value is -3.32. The molecule has 10 heteroatoms. The molecule has 0 saturated heterocycles. The molecule has 0 bridgehead atoms. The van der Waals surface area contributed by atoms with Gasteiger partial charge in [-0.25, -0.2) is 0 Å². The number of hydrogen-bond acceptors (Lipinski definition) is 7. The van der Waals surface area contributed by atoms with E-state index in [0.717, 1.165) is 23.7 Å². The third-order valence-corrected chi connectivity index (χ3v) is 5.38. The van der Waals surface area contributed by atoms with E-state index in [1.54, 1.807) is 4.68 Å². The molecule has 0 fully saturated rings. The first-order valence-corrected chi connectivity index (χ1v) is 10.9. The fourth-order valence-electron chi connectivity index (χ4n) is 3.21. The molecule has 0 aliphatic heterocycles. The first-order valence-electron chi connectivity index (χ1n) is 10.0. The minimum Gasteiger partial charge on any atom is -0.338 e. The van der Waals surface area contributed by atoms with E-state index in [4.69, 9.17) is 5.26 Å². The third kappa shape index (κ3) is 5.44. The highest BCUT2D eigenvalue weighted by molar-refractivity contribution is 7.13. The van der Waals surface area contributed by atoms with Crippen LogP contribution in [-0.2, 0) is 11.3 Å². The number of benzene rings is 1. The summed E-state index contributed by atoms with van der Waals surface area (Å²) in [7, 11) is 0. The summed E-state index contributed by atoms with van der Waals surface area (Å²) in [5.41, 5.74) is 2.10. The predicted octanol–water partition coefficient (Wildman–Crippen LogP) is 3.36. The van der Waals surface area contributed by atoms with Gasteiger partial charge in [-0.15, -0.1) is 10.2 Å². The van der Waals surface area contributed by atoms with Gasteiger partial charge in [0.25, 0.3) is 5.91 Å². The van der Waals surface area contributed by atoms with Crippen molar-refractivity contribution in [1.82, 2.24) is 25.3 Å². The molecule has 3 aromatic rings. The Morgan fingerprint density at radius 3 is 2.71 bits per heavy atom. The number of carbonyl (C=O) groups excluding carboxylic acids is 2. The molecular weight excluding hydrogens is 414 g/mol. The monoisotopic (exact) mass is 439 g/mol. The van der Waals surface area contributed by atoms with Crippen molar-refractivity contribution >= 4 is 39.2 Å². The first-order chi connectivity index (χ1) is 14.8. The number of hydrogen-bond donors (Lipinski definition) is 2. The van der Waals surface area contributed by atoms with Crippen molar-refractivity contribution in [3.63, 3.8) is 0 Å². The van der Waals surface area contributed by atoms with Crippen molar-refractivity contribution in [1.29, 1.82) is 5.26 Å². The molecule has 2 aromatic heterocycles. The molecular formula is C21H25N7O2S. The van der Waals surface area contributed by atoms with Crippen LogP contribution in [0.5, 0.6) is 0 Å². The predicted molar refractivity (Wildman–Crippen MR) is 118 cm³/mol. The Balaban J connectivity index is 1.83. The highest BCUT2D eigenvalue weighted by Gasteiger charge is 2.34. The summed E-state index contributed by atoms with van der Waals surface area (Å²) in [4.78, 5) is 26.0. The second-order valence-corrected chi connectivity index (χ2v) is 9.04. The largest absolute Gasteiger partial charge is 0.338 e. The molecule has 31 heavy (non-hydrogen) atoms. The highest BCUT2D eigenvalue weighted by atomic mass is 32.1. The van der Waals surface area contributed by atoms with Gasteiger partial charge in [0, 0.05) is 18.4 Å². The molecule has 2 N–H and O–H groups in total. The van der Waals surface area contributed by atoms with Crippen molar-refractivity contribution in [3.05, 3.63) is 35.5 Å². The van der Waals surface area contributed by atoms with Gasteiger partial charge in [-0.1, -0.05) is 50.3 Å². The standard InChI is InChI=1S/C21H25N7O2S/c1-21(2,3)17(19(30)25-20-26-23-13-31-20)24-18(29)16-14-9-5-6-10-15(14)28(27-16)12-8-4-7-11-22/h5-6,9-10,13,17H,4,7-8,12H2,1-3H3,(H,24,29)(H,25,26,30)/t17-/m1/s1. The Kier molecular flexibility index (Phi) is 6.97. The Labute approximate surface area is 184 Å². The van der Waals surface area contributed by atoms with Crippen LogP contribution in [0.3, 0.4) is 0 Å². The number of rotatable bonds is 8. The average molecular weight is 440 g/mol. The van der Waals surface area contributed by atoms with Crippen molar-refractivity contribution in [2.75, 3.05) is 5.32 Å². The van der Waals surface area contributed by atoms with E-state index < -0.39 is 17.4 Å². The van der Waals surface area contributed by atoms with Crippen LogP contribution in [0.15, 0.2) is 29.8 Å². The molecule has 0 aliphatic carbocycles. The molecule has 0 saturated carbocycles. The van der Waals surface area contributed by atoms with E-state index in [9.17, 15) is 9.59 Å². The van der Waals surface area contributed by atoms with Crippen LogP contribution < -0.4 is 10.6 Å². The maximum atomic E-state index is 13.2. The van der Waals surface area contributed by atoms with Crippen LogP contribution in [0, 0.1) is 16.7 Å². The van der Waals surface area contributed by atoms with Gasteiger partial charge in [0.05, 0.1) is 11.6 Å². The zero-order chi connectivity index (χ0) is 22.4. The van der Waals surface area contributed by atoms with E-state index in [1.807, 2.05) is 45.0 Å². The van der Waals surface area contributed by atoms with Crippen LogP contribution in [0.4, 0.5) is 5.13 Å². The number of carbonyl (C=O) groups is 2. The minimum atomic E-state index is -0.802.